The normalized spacial score (nSPS) is 10.4. The number of carbonyl (C=O) groups is 1. The number of carboxylic acids is 1. The molecule has 20 heavy (non-hydrogen) atoms. The lowest BCUT2D eigenvalue weighted by Gasteiger charge is -2.07. The average Bonchev–Trinajstić information content (AvgIpc) is 2.78. The van der Waals surface area contributed by atoms with Crippen molar-refractivity contribution in [1.82, 2.24) is 4.57 Å². The molecule has 1 aromatic heterocycles. The predicted octanol–water partition coefficient (Wildman–Crippen LogP) is 2.45. The van der Waals surface area contributed by atoms with Crippen LogP contribution in [-0.2, 0) is 11.3 Å². The monoisotopic (exact) mass is 293 g/mol. The van der Waals surface area contributed by atoms with Crippen LogP contribution in [0.4, 0.5) is 0 Å². The van der Waals surface area contributed by atoms with E-state index in [-0.39, 0.29) is 11.4 Å². The summed E-state index contributed by atoms with van der Waals surface area (Å²) in [4.78, 5) is 22.2. The van der Waals surface area contributed by atoms with Crippen LogP contribution in [0.2, 0.25) is 0 Å². The van der Waals surface area contributed by atoms with E-state index in [9.17, 15) is 9.59 Å². The van der Waals surface area contributed by atoms with Crippen molar-refractivity contribution in [3.8, 4) is 17.0 Å². The minimum absolute atomic E-state index is 0.270. The molecular weight excluding hydrogens is 278 g/mol. The third-order valence-corrected chi connectivity index (χ3v) is 3.46. The Morgan fingerprint density at radius 3 is 2.65 bits per heavy atom. The summed E-state index contributed by atoms with van der Waals surface area (Å²) in [6.07, 6.45) is 0.935. The SMILES string of the molecule is CCCOc1ccc(-c2csc(=O)n2CC(=O)O)cc1. The maximum absolute atomic E-state index is 11.7. The Morgan fingerprint density at radius 1 is 1.35 bits per heavy atom. The number of hydrogen-bond acceptors (Lipinski definition) is 4. The highest BCUT2D eigenvalue weighted by molar-refractivity contribution is 7.07. The first-order valence-electron chi connectivity index (χ1n) is 6.25. The summed E-state index contributed by atoms with van der Waals surface area (Å²) in [5.41, 5.74) is 1.41. The number of ether oxygens (including phenoxy) is 1. The molecule has 2 aromatic rings. The van der Waals surface area contributed by atoms with Crippen LogP contribution in [0.1, 0.15) is 13.3 Å². The summed E-state index contributed by atoms with van der Waals surface area (Å²) in [6.45, 7) is 2.36. The summed E-state index contributed by atoms with van der Waals surface area (Å²) < 4.78 is 6.74. The molecule has 0 fully saturated rings. The van der Waals surface area contributed by atoms with Crippen LogP contribution in [-0.4, -0.2) is 22.2 Å². The molecule has 0 radical (unpaired) electrons. The zero-order chi connectivity index (χ0) is 14.5. The third-order valence-electron chi connectivity index (χ3n) is 2.70. The van der Waals surface area contributed by atoms with Crippen molar-refractivity contribution < 1.29 is 14.6 Å². The number of nitrogens with zero attached hydrogens (tertiary/aromatic N) is 1. The second-order valence-electron chi connectivity index (χ2n) is 4.24. The highest BCUT2D eigenvalue weighted by atomic mass is 32.1. The molecule has 106 valence electrons. The minimum Gasteiger partial charge on any atom is -0.494 e. The van der Waals surface area contributed by atoms with Gasteiger partial charge in [0.2, 0.25) is 0 Å². The van der Waals surface area contributed by atoms with Crippen molar-refractivity contribution in [2.24, 2.45) is 0 Å². The Balaban J connectivity index is 2.27. The molecule has 0 amide bonds. The van der Waals surface area contributed by atoms with Crippen molar-refractivity contribution in [2.45, 2.75) is 19.9 Å². The van der Waals surface area contributed by atoms with E-state index in [4.69, 9.17) is 9.84 Å². The quantitative estimate of drug-likeness (QED) is 0.888. The molecule has 0 unspecified atom stereocenters. The number of aliphatic carboxylic acids is 1. The van der Waals surface area contributed by atoms with E-state index in [1.165, 1.54) is 4.57 Å². The first kappa shape index (κ1) is 14.3. The van der Waals surface area contributed by atoms with E-state index in [1.807, 2.05) is 31.2 Å². The molecule has 0 aliphatic carbocycles. The first-order chi connectivity index (χ1) is 9.61. The van der Waals surface area contributed by atoms with Gasteiger partial charge in [-0.1, -0.05) is 18.3 Å². The van der Waals surface area contributed by atoms with Gasteiger partial charge in [-0.25, -0.2) is 0 Å². The van der Waals surface area contributed by atoms with E-state index in [0.717, 1.165) is 29.1 Å². The molecule has 0 aliphatic heterocycles. The predicted molar refractivity (Wildman–Crippen MR) is 77.4 cm³/mol. The highest BCUT2D eigenvalue weighted by Crippen LogP contribution is 2.23. The van der Waals surface area contributed by atoms with Gasteiger partial charge in [-0.3, -0.25) is 14.2 Å². The van der Waals surface area contributed by atoms with Crippen LogP contribution in [0.15, 0.2) is 34.4 Å². The van der Waals surface area contributed by atoms with Gasteiger partial charge in [-0.05, 0) is 36.2 Å². The Morgan fingerprint density at radius 2 is 2.05 bits per heavy atom. The standard InChI is InChI=1S/C14H15NO4S/c1-2-7-19-11-5-3-10(4-6-11)12-9-20-14(18)15(12)8-13(16)17/h3-6,9H,2,7-8H2,1H3,(H,16,17). The second kappa shape index (κ2) is 6.38. The fourth-order valence-electron chi connectivity index (χ4n) is 1.78. The van der Waals surface area contributed by atoms with Gasteiger partial charge in [-0.15, -0.1) is 0 Å². The topological polar surface area (TPSA) is 68.5 Å². The maximum atomic E-state index is 11.7. The molecule has 0 spiro atoms. The molecule has 0 aliphatic rings. The molecule has 0 saturated heterocycles. The van der Waals surface area contributed by atoms with E-state index in [0.29, 0.717) is 12.3 Å². The van der Waals surface area contributed by atoms with Gasteiger partial charge in [-0.2, -0.15) is 0 Å². The number of aromatic nitrogens is 1. The number of thiazole rings is 1. The van der Waals surface area contributed by atoms with Crippen LogP contribution in [0.5, 0.6) is 5.75 Å². The minimum atomic E-state index is -1.03. The summed E-state index contributed by atoms with van der Waals surface area (Å²) in [5.74, 6) is -0.271. The summed E-state index contributed by atoms with van der Waals surface area (Å²) in [5, 5.41) is 10.5. The van der Waals surface area contributed by atoms with Gasteiger partial charge in [0, 0.05) is 5.38 Å². The van der Waals surface area contributed by atoms with Crippen molar-refractivity contribution in [2.75, 3.05) is 6.61 Å². The number of carboxylic acid groups (broad SMARTS) is 1. The first-order valence-corrected chi connectivity index (χ1v) is 7.13. The lowest BCUT2D eigenvalue weighted by molar-refractivity contribution is -0.137. The van der Waals surface area contributed by atoms with Gasteiger partial charge in [0.1, 0.15) is 12.3 Å². The molecule has 1 aromatic carbocycles. The fraction of sp³-hybridized carbons (Fsp3) is 0.286. The van der Waals surface area contributed by atoms with Crippen molar-refractivity contribution in [3.05, 3.63) is 39.3 Å². The smallest absolute Gasteiger partial charge is 0.323 e. The van der Waals surface area contributed by atoms with Crippen molar-refractivity contribution >= 4 is 17.3 Å². The number of rotatable bonds is 6. The summed E-state index contributed by atoms with van der Waals surface area (Å²) >= 11 is 0.999. The summed E-state index contributed by atoms with van der Waals surface area (Å²) in [6, 6.07) is 7.28. The van der Waals surface area contributed by atoms with Gasteiger partial charge in [0.25, 0.3) is 0 Å². The number of benzene rings is 1. The van der Waals surface area contributed by atoms with Crippen LogP contribution in [0, 0.1) is 0 Å². The largest absolute Gasteiger partial charge is 0.494 e. The van der Waals surface area contributed by atoms with Crippen molar-refractivity contribution in [3.63, 3.8) is 0 Å². The third kappa shape index (κ3) is 3.27. The van der Waals surface area contributed by atoms with Crippen LogP contribution in [0.3, 0.4) is 0 Å². The number of hydrogen-bond donors (Lipinski definition) is 1. The molecule has 6 heteroatoms. The second-order valence-corrected chi connectivity index (χ2v) is 5.06. The van der Waals surface area contributed by atoms with E-state index < -0.39 is 5.97 Å². The lowest BCUT2D eigenvalue weighted by atomic mass is 10.1. The molecule has 5 nitrogen and oxygen atoms in total. The van der Waals surface area contributed by atoms with Gasteiger partial charge < -0.3 is 9.84 Å². The zero-order valence-electron chi connectivity index (χ0n) is 11.0. The van der Waals surface area contributed by atoms with Crippen LogP contribution < -0.4 is 9.61 Å². The average molecular weight is 293 g/mol. The van der Waals surface area contributed by atoms with Gasteiger partial charge in [0.15, 0.2) is 0 Å². The van der Waals surface area contributed by atoms with E-state index >= 15 is 0 Å². The fourth-order valence-corrected chi connectivity index (χ4v) is 2.55. The van der Waals surface area contributed by atoms with Crippen molar-refractivity contribution in [1.29, 1.82) is 0 Å². The zero-order valence-corrected chi connectivity index (χ0v) is 11.9. The molecular formula is C14H15NO4S. The molecule has 2 rings (SSSR count). The Bertz CT molecular complexity index is 642. The Hall–Kier alpha value is -2.08. The molecule has 0 atom stereocenters. The van der Waals surface area contributed by atoms with Crippen LogP contribution >= 0.6 is 11.3 Å². The molecule has 0 saturated carbocycles. The Labute approximate surface area is 120 Å². The highest BCUT2D eigenvalue weighted by Gasteiger charge is 2.11. The lowest BCUT2D eigenvalue weighted by Crippen LogP contribution is -2.19. The molecule has 0 bridgehead atoms. The van der Waals surface area contributed by atoms with Crippen LogP contribution in [0.25, 0.3) is 11.3 Å². The van der Waals surface area contributed by atoms with E-state index in [2.05, 4.69) is 0 Å². The van der Waals surface area contributed by atoms with Gasteiger partial charge in [0.05, 0.1) is 12.3 Å². The van der Waals surface area contributed by atoms with E-state index in [1.54, 1.807) is 5.38 Å². The molecule has 1 heterocycles. The maximum Gasteiger partial charge on any atom is 0.323 e. The summed E-state index contributed by atoms with van der Waals surface area (Å²) in [7, 11) is 0. The molecule has 1 N–H and O–H groups in total. The van der Waals surface area contributed by atoms with Gasteiger partial charge >= 0.3 is 10.8 Å². The Kier molecular flexibility index (Phi) is 4.57.